The monoisotopic (exact) mass is 338 g/mol. The molecule has 0 radical (unpaired) electrons. The van der Waals surface area contributed by atoms with Gasteiger partial charge < -0.3 is 26.2 Å². The van der Waals surface area contributed by atoms with Crippen molar-refractivity contribution in [3.63, 3.8) is 0 Å². The number of hydrogen-bond acceptors (Lipinski definition) is 4. The molecular formula is C12H23BrN2O2S. The van der Waals surface area contributed by atoms with Crippen LogP contribution < -0.4 is 17.0 Å². The summed E-state index contributed by atoms with van der Waals surface area (Å²) in [6, 6.07) is 0. The molecule has 0 unspecified atom stereocenters. The van der Waals surface area contributed by atoms with Crippen molar-refractivity contribution in [2.24, 2.45) is 4.99 Å². The molecule has 0 aromatic carbocycles. The van der Waals surface area contributed by atoms with Crippen LogP contribution in [0.1, 0.15) is 27.2 Å². The molecule has 0 saturated carbocycles. The first-order chi connectivity index (χ1) is 8.14. The highest BCUT2D eigenvalue weighted by molar-refractivity contribution is 7.78. The van der Waals surface area contributed by atoms with E-state index >= 15 is 0 Å². The van der Waals surface area contributed by atoms with E-state index in [9.17, 15) is 4.79 Å². The Morgan fingerprint density at radius 1 is 1.33 bits per heavy atom. The van der Waals surface area contributed by atoms with Gasteiger partial charge in [0.2, 0.25) is 0 Å². The summed E-state index contributed by atoms with van der Waals surface area (Å²) in [4.78, 5) is 15.5. The maximum Gasteiger partial charge on any atom is 0.361 e. The topological polar surface area (TPSA) is 38.7 Å². The van der Waals surface area contributed by atoms with E-state index in [1.807, 2.05) is 6.92 Å². The van der Waals surface area contributed by atoms with Crippen LogP contribution in [0.4, 0.5) is 0 Å². The van der Waals surface area contributed by atoms with Gasteiger partial charge >= 0.3 is 5.97 Å². The standard InChI is InChI=1S/C12H23N2O2S.BrH/c1-4-14(5-2,9-7-8-13-11-17)10-12(15)16-6-3;/h4-10H2,1-3H3;1H/q+1;/p-1. The zero-order chi connectivity index (χ0) is 13.1. The lowest BCUT2D eigenvalue weighted by molar-refractivity contribution is -0.918. The molecule has 0 aliphatic carbocycles. The number of esters is 1. The van der Waals surface area contributed by atoms with Crippen molar-refractivity contribution in [1.29, 1.82) is 0 Å². The normalized spacial score (nSPS) is 10.2. The molecule has 18 heavy (non-hydrogen) atoms. The summed E-state index contributed by atoms with van der Waals surface area (Å²) in [6.07, 6.45) is 0.921. The van der Waals surface area contributed by atoms with Crippen LogP contribution in [0.5, 0.6) is 0 Å². The molecule has 0 N–H and O–H groups in total. The van der Waals surface area contributed by atoms with E-state index in [0.717, 1.165) is 30.5 Å². The van der Waals surface area contributed by atoms with Gasteiger partial charge in [-0.15, -0.1) is 0 Å². The number of ether oxygens (including phenoxy) is 1. The Kier molecular flexibility index (Phi) is 13.1. The van der Waals surface area contributed by atoms with Gasteiger partial charge in [-0.2, -0.15) is 0 Å². The predicted molar refractivity (Wildman–Crippen MR) is 72.2 cm³/mol. The number of isothiocyanates is 1. The van der Waals surface area contributed by atoms with Crippen molar-refractivity contribution in [3.05, 3.63) is 0 Å². The summed E-state index contributed by atoms with van der Waals surface area (Å²) in [6.45, 7) is 10.4. The van der Waals surface area contributed by atoms with Gasteiger partial charge in [0.15, 0.2) is 6.54 Å². The molecule has 6 heteroatoms. The molecule has 0 rings (SSSR count). The lowest BCUT2D eigenvalue weighted by atomic mass is 10.2. The van der Waals surface area contributed by atoms with Crippen LogP contribution in [0.3, 0.4) is 0 Å². The fourth-order valence-electron chi connectivity index (χ4n) is 1.85. The Balaban J connectivity index is 0. The van der Waals surface area contributed by atoms with Crippen LogP contribution >= 0.6 is 12.2 Å². The maximum absolute atomic E-state index is 11.6. The van der Waals surface area contributed by atoms with E-state index in [0.29, 0.717) is 19.7 Å². The van der Waals surface area contributed by atoms with Gasteiger partial charge in [-0.25, -0.2) is 9.79 Å². The molecular weight excluding hydrogens is 316 g/mol. The summed E-state index contributed by atoms with van der Waals surface area (Å²) in [5.41, 5.74) is 0. The molecule has 0 heterocycles. The smallest absolute Gasteiger partial charge is 0.361 e. The van der Waals surface area contributed by atoms with Crippen molar-refractivity contribution in [2.45, 2.75) is 27.2 Å². The lowest BCUT2D eigenvalue weighted by Gasteiger charge is -2.35. The van der Waals surface area contributed by atoms with Crippen LogP contribution in [0.15, 0.2) is 4.99 Å². The minimum Gasteiger partial charge on any atom is -1.00 e. The second kappa shape index (κ2) is 11.8. The fourth-order valence-corrected chi connectivity index (χ4v) is 1.95. The summed E-state index contributed by atoms with van der Waals surface area (Å²) in [5, 5.41) is 2.36. The largest absolute Gasteiger partial charge is 1.00 e. The summed E-state index contributed by atoms with van der Waals surface area (Å²) in [5.74, 6) is -0.116. The molecule has 0 fully saturated rings. The highest BCUT2D eigenvalue weighted by Gasteiger charge is 2.26. The second-order valence-corrected chi connectivity index (χ2v) is 4.17. The number of aliphatic imine (C=N–C) groups is 1. The molecule has 0 aliphatic rings. The molecule has 0 amide bonds. The quantitative estimate of drug-likeness (QED) is 0.176. The van der Waals surface area contributed by atoms with Gasteiger partial charge in [-0.05, 0) is 33.0 Å². The lowest BCUT2D eigenvalue weighted by Crippen LogP contribution is -3.00. The average Bonchev–Trinajstić information content (AvgIpc) is 2.33. The number of carbonyl (C=O) groups excluding carboxylic acids is 1. The van der Waals surface area contributed by atoms with Crippen molar-refractivity contribution in [2.75, 3.05) is 39.3 Å². The number of nitrogens with zero attached hydrogens (tertiary/aromatic N) is 2. The number of hydrogen-bond donors (Lipinski definition) is 0. The number of rotatable bonds is 9. The maximum atomic E-state index is 11.6. The van der Waals surface area contributed by atoms with Gasteiger partial charge in [0.1, 0.15) is 0 Å². The number of quaternary nitrogens is 1. The van der Waals surface area contributed by atoms with Gasteiger partial charge in [-0.3, -0.25) is 0 Å². The van der Waals surface area contributed by atoms with Crippen LogP contribution in [0, 0.1) is 0 Å². The molecule has 0 bridgehead atoms. The Hall–Kier alpha value is -0.290. The van der Waals surface area contributed by atoms with Gasteiger partial charge in [-0.1, -0.05) is 0 Å². The molecule has 4 nitrogen and oxygen atoms in total. The van der Waals surface area contributed by atoms with Crippen molar-refractivity contribution in [1.82, 2.24) is 0 Å². The zero-order valence-electron chi connectivity index (χ0n) is 11.4. The van der Waals surface area contributed by atoms with E-state index in [-0.39, 0.29) is 23.0 Å². The van der Waals surface area contributed by atoms with E-state index in [4.69, 9.17) is 4.74 Å². The number of thiocarbonyl (C=S) groups is 1. The summed E-state index contributed by atoms with van der Waals surface area (Å²) < 4.78 is 5.78. The minimum atomic E-state index is -0.116. The first-order valence-electron chi connectivity index (χ1n) is 6.18. The van der Waals surface area contributed by atoms with E-state index in [1.165, 1.54) is 0 Å². The van der Waals surface area contributed by atoms with Crippen LogP contribution in [0.2, 0.25) is 0 Å². The third-order valence-electron chi connectivity index (χ3n) is 3.08. The Labute approximate surface area is 126 Å². The SMILES string of the molecule is CCOC(=O)C[N+](CC)(CC)CCCN=C=S.[Br-]. The van der Waals surface area contributed by atoms with E-state index in [1.54, 1.807) is 0 Å². The van der Waals surface area contributed by atoms with Crippen LogP contribution in [0.25, 0.3) is 0 Å². The average molecular weight is 339 g/mol. The van der Waals surface area contributed by atoms with E-state index in [2.05, 4.69) is 36.2 Å². The fraction of sp³-hybridized carbons (Fsp3) is 0.833. The van der Waals surface area contributed by atoms with Crippen molar-refractivity contribution < 1.29 is 31.0 Å². The molecule has 106 valence electrons. The van der Waals surface area contributed by atoms with Crippen LogP contribution in [-0.2, 0) is 9.53 Å². The Bertz CT molecular complexity index is 277. The molecule has 0 spiro atoms. The molecule has 0 atom stereocenters. The number of halogens is 1. The van der Waals surface area contributed by atoms with Gasteiger partial charge in [0, 0.05) is 6.42 Å². The zero-order valence-corrected chi connectivity index (χ0v) is 13.8. The number of likely N-dealkylation sites (N-methyl/N-ethyl adjacent to an activating group) is 1. The van der Waals surface area contributed by atoms with Crippen molar-refractivity contribution in [3.8, 4) is 0 Å². The molecule has 0 aromatic heterocycles. The second-order valence-electron chi connectivity index (χ2n) is 3.99. The molecule has 0 saturated heterocycles. The Morgan fingerprint density at radius 3 is 2.39 bits per heavy atom. The van der Waals surface area contributed by atoms with Crippen LogP contribution in [-0.4, -0.2) is 54.9 Å². The first-order valence-corrected chi connectivity index (χ1v) is 6.59. The highest BCUT2D eigenvalue weighted by atomic mass is 79.9. The first kappa shape index (κ1) is 20.0. The predicted octanol–water partition coefficient (Wildman–Crippen LogP) is -1.10. The Morgan fingerprint density at radius 2 is 1.94 bits per heavy atom. The third-order valence-corrected chi connectivity index (χ3v) is 3.21. The van der Waals surface area contributed by atoms with Gasteiger partial charge in [0.25, 0.3) is 0 Å². The highest BCUT2D eigenvalue weighted by Crippen LogP contribution is 2.08. The van der Waals surface area contributed by atoms with Crippen molar-refractivity contribution >= 4 is 23.3 Å². The minimum absolute atomic E-state index is 0. The molecule has 0 aromatic rings. The third kappa shape index (κ3) is 7.93. The van der Waals surface area contributed by atoms with E-state index < -0.39 is 0 Å². The van der Waals surface area contributed by atoms with Gasteiger partial charge in [0.05, 0.1) is 37.9 Å². The summed E-state index contributed by atoms with van der Waals surface area (Å²) >= 11 is 4.52. The summed E-state index contributed by atoms with van der Waals surface area (Å²) in [7, 11) is 0. The molecule has 0 aliphatic heterocycles. The number of carbonyl (C=O) groups is 1.